The summed E-state index contributed by atoms with van der Waals surface area (Å²) in [5, 5.41) is 11.2. The van der Waals surface area contributed by atoms with E-state index in [1.165, 1.54) is 4.52 Å². The second-order valence-corrected chi connectivity index (χ2v) is 5.02. The quantitative estimate of drug-likeness (QED) is 0.733. The van der Waals surface area contributed by atoms with Crippen molar-refractivity contribution in [1.29, 1.82) is 0 Å². The zero-order chi connectivity index (χ0) is 15.5. The first-order valence-corrected chi connectivity index (χ1v) is 7.05. The molecule has 0 bridgehead atoms. The summed E-state index contributed by atoms with van der Waals surface area (Å²) in [4.78, 5) is 18.6. The number of pyridine rings is 2. The lowest BCUT2D eigenvalue weighted by Crippen LogP contribution is -2.31. The minimum atomic E-state index is -0.0683. The first kappa shape index (κ1) is 14.1. The molecule has 3 heterocycles. The zero-order valence-corrected chi connectivity index (χ0v) is 12.4. The Hall–Kier alpha value is -2.83. The first-order valence-electron chi connectivity index (χ1n) is 7.05. The van der Waals surface area contributed by atoms with E-state index >= 15 is 0 Å². The Kier molecular flexibility index (Phi) is 3.78. The van der Waals surface area contributed by atoms with E-state index in [0.717, 1.165) is 12.0 Å². The van der Waals surface area contributed by atoms with Crippen molar-refractivity contribution >= 4 is 11.6 Å². The fourth-order valence-corrected chi connectivity index (χ4v) is 2.52. The molecule has 0 unspecified atom stereocenters. The summed E-state index contributed by atoms with van der Waals surface area (Å²) in [7, 11) is 1.80. The Morgan fingerprint density at radius 2 is 2.27 bits per heavy atom. The molecule has 0 N–H and O–H groups in total. The van der Waals surface area contributed by atoms with Crippen molar-refractivity contribution in [3.8, 4) is 0 Å². The standard InChI is InChI=1S/C15H16N6O/c1-3-13(12-5-4-7-16-10-12)20(2)15(22)11-6-8-21-14(9-11)17-18-19-21/h4-10,13H,3H2,1-2H3/t13-/m0/s1. The molecule has 0 saturated heterocycles. The number of nitrogens with zero attached hydrogens (tertiary/aromatic N) is 6. The second-order valence-electron chi connectivity index (χ2n) is 5.02. The third kappa shape index (κ3) is 2.52. The number of rotatable bonds is 4. The van der Waals surface area contributed by atoms with E-state index in [1.807, 2.05) is 19.1 Å². The number of aromatic nitrogens is 5. The highest BCUT2D eigenvalue weighted by molar-refractivity contribution is 5.95. The van der Waals surface area contributed by atoms with E-state index < -0.39 is 0 Å². The monoisotopic (exact) mass is 296 g/mol. The highest BCUT2D eigenvalue weighted by Crippen LogP contribution is 2.23. The molecule has 0 radical (unpaired) electrons. The molecule has 3 rings (SSSR count). The molecular weight excluding hydrogens is 280 g/mol. The number of tetrazole rings is 1. The third-order valence-corrected chi connectivity index (χ3v) is 3.69. The van der Waals surface area contributed by atoms with Crippen molar-refractivity contribution in [1.82, 2.24) is 29.9 Å². The molecule has 0 aliphatic carbocycles. The summed E-state index contributed by atoms with van der Waals surface area (Å²) >= 11 is 0. The fourth-order valence-electron chi connectivity index (χ4n) is 2.52. The van der Waals surface area contributed by atoms with E-state index in [2.05, 4.69) is 20.5 Å². The van der Waals surface area contributed by atoms with Crippen molar-refractivity contribution in [2.24, 2.45) is 0 Å². The number of amides is 1. The van der Waals surface area contributed by atoms with Crippen LogP contribution in [0.4, 0.5) is 0 Å². The lowest BCUT2D eigenvalue weighted by molar-refractivity contribution is 0.0726. The molecule has 0 aliphatic heterocycles. The predicted molar refractivity (Wildman–Crippen MR) is 80.1 cm³/mol. The number of hydrogen-bond acceptors (Lipinski definition) is 5. The maximum absolute atomic E-state index is 12.7. The van der Waals surface area contributed by atoms with Gasteiger partial charge in [-0.1, -0.05) is 13.0 Å². The van der Waals surface area contributed by atoms with Gasteiger partial charge < -0.3 is 4.90 Å². The van der Waals surface area contributed by atoms with Gasteiger partial charge in [0.05, 0.1) is 6.04 Å². The molecule has 7 nitrogen and oxygen atoms in total. The van der Waals surface area contributed by atoms with Crippen LogP contribution >= 0.6 is 0 Å². The van der Waals surface area contributed by atoms with E-state index in [9.17, 15) is 4.79 Å². The highest BCUT2D eigenvalue weighted by Gasteiger charge is 2.22. The first-order chi connectivity index (χ1) is 10.7. The van der Waals surface area contributed by atoms with Crippen LogP contribution in [0.3, 0.4) is 0 Å². The van der Waals surface area contributed by atoms with Crippen molar-refractivity contribution in [3.05, 3.63) is 54.0 Å². The molecule has 112 valence electrons. The molecular formula is C15H16N6O. The van der Waals surface area contributed by atoms with Gasteiger partial charge in [0.2, 0.25) is 0 Å². The molecule has 22 heavy (non-hydrogen) atoms. The molecule has 0 fully saturated rings. The van der Waals surface area contributed by atoms with Gasteiger partial charge in [0.1, 0.15) is 0 Å². The van der Waals surface area contributed by atoms with Gasteiger partial charge in [0.25, 0.3) is 5.91 Å². The molecule has 0 saturated carbocycles. The van der Waals surface area contributed by atoms with E-state index in [4.69, 9.17) is 0 Å². The molecule has 3 aromatic rings. The number of fused-ring (bicyclic) bond motifs is 1. The fraction of sp³-hybridized carbons (Fsp3) is 0.267. The minimum absolute atomic E-state index is 0.0200. The van der Waals surface area contributed by atoms with Crippen LogP contribution in [0.2, 0.25) is 0 Å². The van der Waals surface area contributed by atoms with Crippen LogP contribution in [0.5, 0.6) is 0 Å². The Morgan fingerprint density at radius 3 is 3.00 bits per heavy atom. The van der Waals surface area contributed by atoms with Crippen LogP contribution in [0.1, 0.15) is 35.3 Å². The largest absolute Gasteiger partial charge is 0.335 e. The van der Waals surface area contributed by atoms with Gasteiger partial charge in [0, 0.05) is 31.2 Å². The SMILES string of the molecule is CC[C@@H](c1cccnc1)N(C)C(=O)c1ccn2nnnc2c1. The topological polar surface area (TPSA) is 76.3 Å². The minimum Gasteiger partial charge on any atom is -0.335 e. The Labute approximate surface area is 127 Å². The summed E-state index contributed by atoms with van der Waals surface area (Å²) in [5.41, 5.74) is 2.13. The van der Waals surface area contributed by atoms with Crippen molar-refractivity contribution in [2.45, 2.75) is 19.4 Å². The highest BCUT2D eigenvalue weighted by atomic mass is 16.2. The van der Waals surface area contributed by atoms with Gasteiger partial charge in [-0.3, -0.25) is 9.78 Å². The predicted octanol–water partition coefficient (Wildman–Crippen LogP) is 1.74. The maximum Gasteiger partial charge on any atom is 0.254 e. The molecule has 0 aliphatic rings. The molecule has 1 atom stereocenters. The van der Waals surface area contributed by atoms with E-state index in [-0.39, 0.29) is 11.9 Å². The zero-order valence-electron chi connectivity index (χ0n) is 12.4. The Balaban J connectivity index is 1.89. The average Bonchev–Trinajstić information content (AvgIpc) is 3.03. The molecule has 1 amide bonds. The lowest BCUT2D eigenvalue weighted by Gasteiger charge is -2.27. The van der Waals surface area contributed by atoms with E-state index in [0.29, 0.717) is 11.2 Å². The third-order valence-electron chi connectivity index (χ3n) is 3.69. The van der Waals surface area contributed by atoms with Crippen LogP contribution in [-0.4, -0.2) is 42.9 Å². The summed E-state index contributed by atoms with van der Waals surface area (Å²) in [5.74, 6) is -0.0683. The lowest BCUT2D eigenvalue weighted by atomic mass is 10.0. The smallest absolute Gasteiger partial charge is 0.254 e. The van der Waals surface area contributed by atoms with Crippen LogP contribution < -0.4 is 0 Å². The molecule has 0 spiro atoms. The summed E-state index contributed by atoms with van der Waals surface area (Å²) in [6, 6.07) is 7.25. The summed E-state index contributed by atoms with van der Waals surface area (Å²) in [6.45, 7) is 2.05. The van der Waals surface area contributed by atoms with Crippen LogP contribution in [0.15, 0.2) is 42.9 Å². The summed E-state index contributed by atoms with van der Waals surface area (Å²) in [6.07, 6.45) is 6.01. The normalized spacial score (nSPS) is 12.3. The van der Waals surface area contributed by atoms with Gasteiger partial charge in [-0.25, -0.2) is 4.52 Å². The molecule has 0 aromatic carbocycles. The van der Waals surface area contributed by atoms with Gasteiger partial charge in [-0.15, -0.1) is 5.10 Å². The van der Waals surface area contributed by atoms with Gasteiger partial charge in [-0.05, 0) is 40.6 Å². The average molecular weight is 296 g/mol. The van der Waals surface area contributed by atoms with Crippen molar-refractivity contribution in [2.75, 3.05) is 7.05 Å². The molecule has 3 aromatic heterocycles. The maximum atomic E-state index is 12.7. The van der Waals surface area contributed by atoms with Crippen molar-refractivity contribution in [3.63, 3.8) is 0 Å². The van der Waals surface area contributed by atoms with Crippen LogP contribution in [0, 0.1) is 0 Å². The molecule has 7 heteroatoms. The number of carbonyl (C=O) groups is 1. The Bertz CT molecular complexity index is 785. The van der Waals surface area contributed by atoms with Crippen LogP contribution in [0.25, 0.3) is 5.65 Å². The number of carbonyl (C=O) groups excluding carboxylic acids is 1. The van der Waals surface area contributed by atoms with Crippen molar-refractivity contribution < 1.29 is 4.79 Å². The van der Waals surface area contributed by atoms with Gasteiger partial charge >= 0.3 is 0 Å². The number of hydrogen-bond donors (Lipinski definition) is 0. The second kappa shape index (κ2) is 5.88. The summed E-state index contributed by atoms with van der Waals surface area (Å²) < 4.78 is 1.52. The van der Waals surface area contributed by atoms with Crippen LogP contribution in [-0.2, 0) is 0 Å². The van der Waals surface area contributed by atoms with Gasteiger partial charge in [-0.2, -0.15) is 0 Å². The van der Waals surface area contributed by atoms with Gasteiger partial charge in [0.15, 0.2) is 5.65 Å². The Morgan fingerprint density at radius 1 is 1.41 bits per heavy atom. The van der Waals surface area contributed by atoms with E-state index in [1.54, 1.807) is 42.7 Å².